The van der Waals surface area contributed by atoms with Crippen LogP contribution in [0.1, 0.15) is 37.8 Å². The summed E-state index contributed by atoms with van der Waals surface area (Å²) in [5.41, 5.74) is 7.73. The van der Waals surface area contributed by atoms with E-state index in [2.05, 4.69) is 24.4 Å². The Balaban J connectivity index is 0.00000192. The van der Waals surface area contributed by atoms with E-state index in [-0.39, 0.29) is 35.8 Å². The largest absolute Gasteiger partial charge is 0.377 e. The van der Waals surface area contributed by atoms with Crippen LogP contribution in [0.5, 0.6) is 0 Å². The van der Waals surface area contributed by atoms with Crippen molar-refractivity contribution in [2.45, 2.75) is 51.8 Å². The van der Waals surface area contributed by atoms with Gasteiger partial charge in [0.25, 0.3) is 0 Å². The maximum Gasteiger partial charge on any atom is 0.241 e. The first-order valence-corrected chi connectivity index (χ1v) is 8.11. The number of carbonyl (C=O) groups is 1. The third-order valence-electron chi connectivity index (χ3n) is 5.63. The summed E-state index contributed by atoms with van der Waals surface area (Å²) in [5.74, 6) is 0.0825. The lowest BCUT2D eigenvalue weighted by atomic mass is 9.46. The molecule has 3 rings (SSSR count). The number of rotatable bonds is 3. The van der Waals surface area contributed by atoms with Crippen molar-refractivity contribution in [1.82, 2.24) is 5.32 Å². The van der Waals surface area contributed by atoms with Gasteiger partial charge in [-0.1, -0.05) is 43.7 Å². The Bertz CT molecular complexity index is 573. The number of halogens is 1. The summed E-state index contributed by atoms with van der Waals surface area (Å²) in [6, 6.07) is 8.18. The minimum atomic E-state index is -0.831. The Labute approximate surface area is 144 Å². The highest BCUT2D eigenvalue weighted by atomic mass is 35.5. The minimum Gasteiger partial charge on any atom is -0.377 e. The molecule has 1 aliphatic heterocycles. The fraction of sp³-hybridized carbons (Fsp3) is 0.611. The van der Waals surface area contributed by atoms with Crippen molar-refractivity contribution in [3.8, 4) is 0 Å². The summed E-state index contributed by atoms with van der Waals surface area (Å²) in [4.78, 5) is 12.8. The second-order valence-electron chi connectivity index (χ2n) is 7.30. The number of ether oxygens (including phenoxy) is 1. The van der Waals surface area contributed by atoms with Crippen LogP contribution in [0, 0.1) is 18.3 Å². The van der Waals surface area contributed by atoms with Crippen LogP contribution in [0.15, 0.2) is 24.3 Å². The van der Waals surface area contributed by atoms with E-state index < -0.39 is 5.54 Å². The number of nitrogens with one attached hydrogen (secondary N) is 1. The molecule has 3 unspecified atom stereocenters. The van der Waals surface area contributed by atoms with Gasteiger partial charge in [0.15, 0.2) is 0 Å². The first-order valence-electron chi connectivity index (χ1n) is 8.11. The number of aryl methyl sites for hydroxylation is 1. The van der Waals surface area contributed by atoms with Gasteiger partial charge < -0.3 is 15.8 Å². The van der Waals surface area contributed by atoms with Crippen molar-refractivity contribution in [3.63, 3.8) is 0 Å². The van der Waals surface area contributed by atoms with Gasteiger partial charge >= 0.3 is 0 Å². The van der Waals surface area contributed by atoms with Gasteiger partial charge in [-0.25, -0.2) is 0 Å². The molecule has 0 aromatic heterocycles. The molecule has 1 aliphatic carbocycles. The molecule has 1 heterocycles. The molecule has 0 radical (unpaired) electrons. The number of amides is 1. The molecule has 2 aliphatic rings. The molecule has 1 saturated carbocycles. The van der Waals surface area contributed by atoms with Crippen molar-refractivity contribution in [3.05, 3.63) is 35.4 Å². The molecule has 0 bridgehead atoms. The minimum absolute atomic E-state index is 0. The Kier molecular flexibility index (Phi) is 5.09. The van der Waals surface area contributed by atoms with Crippen molar-refractivity contribution >= 4 is 18.3 Å². The van der Waals surface area contributed by atoms with Crippen LogP contribution in [0.2, 0.25) is 0 Å². The zero-order valence-electron chi connectivity index (χ0n) is 14.1. The van der Waals surface area contributed by atoms with Crippen LogP contribution in [-0.4, -0.2) is 24.2 Å². The maximum absolute atomic E-state index is 12.8. The molecule has 23 heavy (non-hydrogen) atoms. The average molecular weight is 339 g/mol. The van der Waals surface area contributed by atoms with Gasteiger partial charge in [-0.05, 0) is 25.3 Å². The van der Waals surface area contributed by atoms with E-state index >= 15 is 0 Å². The molecular formula is C18H27ClN2O2. The molecule has 2 fully saturated rings. The molecular weight excluding hydrogens is 312 g/mol. The number of nitrogens with two attached hydrogens (primary N) is 1. The highest BCUT2D eigenvalue weighted by Gasteiger charge is 2.70. The number of hydrogen-bond acceptors (Lipinski definition) is 3. The molecule has 1 aromatic rings. The van der Waals surface area contributed by atoms with E-state index in [0.717, 1.165) is 25.0 Å². The lowest BCUT2D eigenvalue weighted by molar-refractivity contribution is -0.225. The fourth-order valence-electron chi connectivity index (χ4n) is 4.07. The van der Waals surface area contributed by atoms with Gasteiger partial charge in [0.1, 0.15) is 5.54 Å². The van der Waals surface area contributed by atoms with E-state index in [1.54, 1.807) is 0 Å². The summed E-state index contributed by atoms with van der Waals surface area (Å²) >= 11 is 0. The molecule has 0 spiro atoms. The van der Waals surface area contributed by atoms with Crippen LogP contribution in [0.25, 0.3) is 0 Å². The van der Waals surface area contributed by atoms with E-state index in [1.807, 2.05) is 26.0 Å². The van der Waals surface area contributed by atoms with Crippen molar-refractivity contribution in [2.75, 3.05) is 6.61 Å². The van der Waals surface area contributed by atoms with E-state index in [4.69, 9.17) is 10.5 Å². The predicted octanol–water partition coefficient (Wildman–Crippen LogP) is 2.57. The smallest absolute Gasteiger partial charge is 0.241 e. The van der Waals surface area contributed by atoms with Gasteiger partial charge in [0.2, 0.25) is 5.91 Å². The molecule has 1 saturated heterocycles. The second-order valence-corrected chi connectivity index (χ2v) is 7.30. The lowest BCUT2D eigenvalue weighted by Crippen LogP contribution is -2.82. The Morgan fingerprint density at radius 1 is 1.35 bits per heavy atom. The lowest BCUT2D eigenvalue weighted by Gasteiger charge is -2.65. The first kappa shape index (κ1) is 18.2. The molecule has 4 nitrogen and oxygen atoms in total. The zero-order valence-corrected chi connectivity index (χ0v) is 14.9. The monoisotopic (exact) mass is 338 g/mol. The number of fused-ring (bicyclic) bond motifs is 1. The van der Waals surface area contributed by atoms with Crippen LogP contribution in [0.4, 0.5) is 0 Å². The van der Waals surface area contributed by atoms with Crippen molar-refractivity contribution in [1.29, 1.82) is 0 Å². The third kappa shape index (κ3) is 2.77. The standard InChI is InChI=1S/C18H26N2O2.ClH/c1-12-6-8-13(9-7-12)11-20-16(21)18(19)14-5-4-10-22-15(14)17(18,2)3;/h6-9,14-15H,4-5,10-11,19H2,1-3H3,(H,20,21);1H. The van der Waals surface area contributed by atoms with Crippen molar-refractivity contribution < 1.29 is 9.53 Å². The predicted molar refractivity (Wildman–Crippen MR) is 93.4 cm³/mol. The summed E-state index contributed by atoms with van der Waals surface area (Å²) in [6.45, 7) is 7.45. The van der Waals surface area contributed by atoms with Crippen LogP contribution < -0.4 is 11.1 Å². The molecule has 1 amide bonds. The van der Waals surface area contributed by atoms with Crippen LogP contribution in [0.3, 0.4) is 0 Å². The Morgan fingerprint density at radius 3 is 2.65 bits per heavy atom. The quantitative estimate of drug-likeness (QED) is 0.890. The molecule has 5 heteroatoms. The maximum atomic E-state index is 12.8. The van der Waals surface area contributed by atoms with Gasteiger partial charge in [-0.15, -0.1) is 12.4 Å². The highest BCUT2D eigenvalue weighted by Crippen LogP contribution is 2.57. The van der Waals surface area contributed by atoms with Gasteiger partial charge in [0, 0.05) is 24.5 Å². The van der Waals surface area contributed by atoms with Gasteiger partial charge in [-0.2, -0.15) is 0 Å². The summed E-state index contributed by atoms with van der Waals surface area (Å²) in [5, 5.41) is 3.03. The summed E-state index contributed by atoms with van der Waals surface area (Å²) < 4.78 is 5.85. The van der Waals surface area contributed by atoms with Crippen LogP contribution >= 0.6 is 12.4 Å². The van der Waals surface area contributed by atoms with E-state index in [0.29, 0.717) is 6.54 Å². The topological polar surface area (TPSA) is 64.4 Å². The third-order valence-corrected chi connectivity index (χ3v) is 5.63. The Hall–Kier alpha value is -1.10. The number of benzene rings is 1. The molecule has 3 atom stereocenters. The van der Waals surface area contributed by atoms with E-state index in [1.165, 1.54) is 5.56 Å². The molecule has 3 N–H and O–H groups in total. The van der Waals surface area contributed by atoms with Gasteiger partial charge in [0.05, 0.1) is 6.10 Å². The average Bonchev–Trinajstić information content (AvgIpc) is 2.53. The summed E-state index contributed by atoms with van der Waals surface area (Å²) in [7, 11) is 0. The highest BCUT2D eigenvalue weighted by molar-refractivity contribution is 5.89. The fourth-order valence-corrected chi connectivity index (χ4v) is 4.07. The van der Waals surface area contributed by atoms with E-state index in [9.17, 15) is 4.79 Å². The molecule has 1 aromatic carbocycles. The number of hydrogen-bond donors (Lipinski definition) is 2. The SMILES string of the molecule is Cc1ccc(CNC(=O)C2(N)C3CCCOC3C2(C)C)cc1.Cl. The second kappa shape index (κ2) is 6.42. The van der Waals surface area contributed by atoms with Crippen LogP contribution in [-0.2, 0) is 16.1 Å². The summed E-state index contributed by atoms with van der Waals surface area (Å²) in [6.07, 6.45) is 2.07. The zero-order chi connectivity index (χ0) is 16.0. The molecule has 128 valence electrons. The van der Waals surface area contributed by atoms with Crippen molar-refractivity contribution in [2.24, 2.45) is 17.1 Å². The Morgan fingerprint density at radius 2 is 2.00 bits per heavy atom. The first-order chi connectivity index (χ1) is 10.4. The normalized spacial score (nSPS) is 31.3. The number of carbonyl (C=O) groups excluding carboxylic acids is 1. The van der Waals surface area contributed by atoms with Gasteiger partial charge in [-0.3, -0.25) is 4.79 Å².